The molecule has 0 saturated carbocycles. The van der Waals surface area contributed by atoms with Gasteiger partial charge in [-0.3, -0.25) is 0 Å². The lowest BCUT2D eigenvalue weighted by Gasteiger charge is -2.22. The maximum atomic E-state index is 4.26. The Morgan fingerprint density at radius 3 is 2.87 bits per heavy atom. The van der Waals surface area contributed by atoms with Crippen LogP contribution in [0.25, 0.3) is 0 Å². The van der Waals surface area contributed by atoms with E-state index < -0.39 is 0 Å². The normalized spacial score (nSPS) is 19.3. The average molecular weight is 208 g/mol. The molecule has 1 aromatic rings. The molecule has 0 radical (unpaired) electrons. The van der Waals surface area contributed by atoms with Gasteiger partial charge in [-0.05, 0) is 32.9 Å². The molecule has 4 nitrogen and oxygen atoms in total. The van der Waals surface area contributed by atoms with Crippen molar-refractivity contribution < 1.29 is 0 Å². The highest BCUT2D eigenvalue weighted by atomic mass is 15.2. The molecule has 2 rings (SSSR count). The highest BCUT2D eigenvalue weighted by Crippen LogP contribution is 2.17. The molecule has 0 aromatic carbocycles. The molecular formula is C11H20N4. The van der Waals surface area contributed by atoms with Crippen molar-refractivity contribution in [2.75, 3.05) is 32.0 Å². The van der Waals surface area contributed by atoms with Crippen molar-refractivity contribution in [2.24, 2.45) is 0 Å². The Bertz CT molecular complexity index is 301. The van der Waals surface area contributed by atoms with Crippen LogP contribution >= 0.6 is 0 Å². The second-order valence-electron chi connectivity index (χ2n) is 4.26. The Morgan fingerprint density at radius 2 is 2.20 bits per heavy atom. The second kappa shape index (κ2) is 4.66. The smallest absolute Gasteiger partial charge is 0.202 e. The molecule has 1 aliphatic rings. The molecule has 0 bridgehead atoms. The summed E-state index contributed by atoms with van der Waals surface area (Å²) in [6.07, 6.45) is 6.62. The molecule has 15 heavy (non-hydrogen) atoms. The van der Waals surface area contributed by atoms with Crippen molar-refractivity contribution in [1.82, 2.24) is 14.5 Å². The van der Waals surface area contributed by atoms with Crippen LogP contribution in [0, 0.1) is 0 Å². The van der Waals surface area contributed by atoms with Crippen LogP contribution in [0.5, 0.6) is 0 Å². The third-order valence-corrected chi connectivity index (χ3v) is 3.09. The second-order valence-corrected chi connectivity index (χ2v) is 4.26. The summed E-state index contributed by atoms with van der Waals surface area (Å²) in [4.78, 5) is 6.80. The van der Waals surface area contributed by atoms with Crippen LogP contribution in [-0.2, 0) is 0 Å². The molecule has 1 fully saturated rings. The zero-order valence-corrected chi connectivity index (χ0v) is 9.61. The van der Waals surface area contributed by atoms with E-state index >= 15 is 0 Å². The summed E-state index contributed by atoms with van der Waals surface area (Å²) in [6.45, 7) is 5.90. The minimum atomic E-state index is 0.494. The third kappa shape index (κ3) is 2.31. The lowest BCUT2D eigenvalue weighted by Crippen LogP contribution is -2.27. The maximum absolute atomic E-state index is 4.26. The van der Waals surface area contributed by atoms with E-state index in [-0.39, 0.29) is 0 Å². The van der Waals surface area contributed by atoms with Gasteiger partial charge in [-0.1, -0.05) is 0 Å². The molecule has 2 heterocycles. The van der Waals surface area contributed by atoms with E-state index in [2.05, 4.69) is 26.7 Å². The van der Waals surface area contributed by atoms with E-state index in [0.29, 0.717) is 6.04 Å². The fraction of sp³-hybridized carbons (Fsp3) is 0.727. The van der Waals surface area contributed by atoms with E-state index in [1.54, 1.807) is 0 Å². The zero-order chi connectivity index (χ0) is 10.7. The summed E-state index contributed by atoms with van der Waals surface area (Å²) in [5.41, 5.74) is 0. The Hall–Kier alpha value is -1.03. The van der Waals surface area contributed by atoms with Gasteiger partial charge in [0.15, 0.2) is 0 Å². The fourth-order valence-electron chi connectivity index (χ4n) is 2.29. The summed E-state index contributed by atoms with van der Waals surface area (Å²) in [7, 11) is 1.92. The molecule has 1 atom stereocenters. The maximum Gasteiger partial charge on any atom is 0.202 e. The van der Waals surface area contributed by atoms with Crippen LogP contribution in [0.1, 0.15) is 25.8 Å². The van der Waals surface area contributed by atoms with Gasteiger partial charge in [-0.2, -0.15) is 0 Å². The SMILES string of the molecule is CNc1nccn1C(C)CN1CCCC1. The Labute approximate surface area is 91.3 Å². The Morgan fingerprint density at radius 1 is 1.47 bits per heavy atom. The van der Waals surface area contributed by atoms with Crippen molar-refractivity contribution in [3.05, 3.63) is 12.4 Å². The molecule has 0 spiro atoms. The summed E-state index contributed by atoms with van der Waals surface area (Å²) >= 11 is 0. The molecule has 1 aromatic heterocycles. The zero-order valence-electron chi connectivity index (χ0n) is 9.61. The lowest BCUT2D eigenvalue weighted by atomic mass is 10.3. The van der Waals surface area contributed by atoms with Gasteiger partial charge >= 0.3 is 0 Å². The van der Waals surface area contributed by atoms with Gasteiger partial charge in [0.2, 0.25) is 5.95 Å². The van der Waals surface area contributed by atoms with Gasteiger partial charge in [0, 0.05) is 32.0 Å². The monoisotopic (exact) mass is 208 g/mol. The van der Waals surface area contributed by atoms with Gasteiger partial charge < -0.3 is 14.8 Å². The van der Waals surface area contributed by atoms with E-state index in [1.807, 2.05) is 19.4 Å². The molecule has 1 saturated heterocycles. The summed E-state index contributed by atoms with van der Waals surface area (Å²) in [5.74, 6) is 0.960. The van der Waals surface area contributed by atoms with Crippen molar-refractivity contribution in [1.29, 1.82) is 0 Å². The summed E-state index contributed by atoms with van der Waals surface area (Å²) in [6, 6.07) is 0.494. The van der Waals surface area contributed by atoms with Crippen LogP contribution in [0.3, 0.4) is 0 Å². The quantitative estimate of drug-likeness (QED) is 0.815. The van der Waals surface area contributed by atoms with E-state index in [4.69, 9.17) is 0 Å². The number of likely N-dealkylation sites (tertiary alicyclic amines) is 1. The number of imidazole rings is 1. The van der Waals surface area contributed by atoms with Crippen LogP contribution in [-0.4, -0.2) is 41.1 Å². The van der Waals surface area contributed by atoms with Gasteiger partial charge in [0.05, 0.1) is 0 Å². The first kappa shape index (κ1) is 10.5. The topological polar surface area (TPSA) is 33.1 Å². The number of rotatable bonds is 4. The van der Waals surface area contributed by atoms with Crippen molar-refractivity contribution >= 4 is 5.95 Å². The average Bonchev–Trinajstić information content (AvgIpc) is 2.86. The predicted molar refractivity (Wildman–Crippen MR) is 62.2 cm³/mol. The summed E-state index contributed by atoms with van der Waals surface area (Å²) in [5, 5.41) is 3.11. The van der Waals surface area contributed by atoms with Gasteiger partial charge in [-0.25, -0.2) is 4.98 Å². The molecule has 0 aliphatic carbocycles. The van der Waals surface area contributed by atoms with Gasteiger partial charge in [-0.15, -0.1) is 0 Å². The van der Waals surface area contributed by atoms with Crippen molar-refractivity contribution in [2.45, 2.75) is 25.8 Å². The number of nitrogens with zero attached hydrogens (tertiary/aromatic N) is 3. The Kier molecular flexibility index (Phi) is 3.26. The minimum Gasteiger partial charge on any atom is -0.359 e. The third-order valence-electron chi connectivity index (χ3n) is 3.09. The first-order valence-corrected chi connectivity index (χ1v) is 5.74. The minimum absolute atomic E-state index is 0.494. The fourth-order valence-corrected chi connectivity index (χ4v) is 2.29. The standard InChI is InChI=1S/C11H20N4/c1-10(9-14-6-3-4-7-14)15-8-5-13-11(15)12-2/h5,8,10H,3-4,6-7,9H2,1-2H3,(H,12,13). The van der Waals surface area contributed by atoms with Crippen LogP contribution in [0.15, 0.2) is 12.4 Å². The van der Waals surface area contributed by atoms with Crippen LogP contribution < -0.4 is 5.32 Å². The molecular weight excluding hydrogens is 188 g/mol. The Balaban J connectivity index is 1.97. The highest BCUT2D eigenvalue weighted by molar-refractivity contribution is 5.25. The van der Waals surface area contributed by atoms with E-state index in [9.17, 15) is 0 Å². The number of anilines is 1. The molecule has 1 aliphatic heterocycles. The van der Waals surface area contributed by atoms with Crippen LogP contribution in [0.4, 0.5) is 5.95 Å². The summed E-state index contributed by atoms with van der Waals surface area (Å²) < 4.78 is 2.21. The number of hydrogen-bond acceptors (Lipinski definition) is 3. The number of hydrogen-bond donors (Lipinski definition) is 1. The predicted octanol–water partition coefficient (Wildman–Crippen LogP) is 1.58. The number of aromatic nitrogens is 2. The van der Waals surface area contributed by atoms with Gasteiger partial charge in [0.25, 0.3) is 0 Å². The largest absolute Gasteiger partial charge is 0.359 e. The van der Waals surface area contributed by atoms with Crippen molar-refractivity contribution in [3.63, 3.8) is 0 Å². The molecule has 1 N–H and O–H groups in total. The number of nitrogens with one attached hydrogen (secondary N) is 1. The van der Waals surface area contributed by atoms with Gasteiger partial charge in [0.1, 0.15) is 0 Å². The van der Waals surface area contributed by atoms with Crippen molar-refractivity contribution in [3.8, 4) is 0 Å². The van der Waals surface area contributed by atoms with Crippen LogP contribution in [0.2, 0.25) is 0 Å². The lowest BCUT2D eigenvalue weighted by molar-refractivity contribution is 0.289. The van der Waals surface area contributed by atoms with E-state index in [1.165, 1.54) is 25.9 Å². The first-order valence-electron chi connectivity index (χ1n) is 5.74. The first-order chi connectivity index (χ1) is 7.31. The molecule has 1 unspecified atom stereocenters. The highest BCUT2D eigenvalue weighted by Gasteiger charge is 2.16. The van der Waals surface area contributed by atoms with E-state index in [0.717, 1.165) is 12.5 Å². The molecule has 0 amide bonds. The molecule has 4 heteroatoms. The molecule has 84 valence electrons.